The molecule has 3 atom stereocenters. The Kier molecular flexibility index (Phi) is 5.63. The number of rotatable bonds is 6. The fraction of sp³-hybridized carbons (Fsp3) is 0.923. The van der Waals surface area contributed by atoms with Crippen LogP contribution in [-0.4, -0.2) is 42.4 Å². The molecule has 0 aliphatic carbocycles. The molecule has 3 nitrogen and oxygen atoms in total. The van der Waals surface area contributed by atoms with Gasteiger partial charge < -0.3 is 5.32 Å². The van der Waals surface area contributed by atoms with Crippen molar-refractivity contribution in [3.05, 3.63) is 0 Å². The van der Waals surface area contributed by atoms with E-state index in [1.807, 2.05) is 21.0 Å². The van der Waals surface area contributed by atoms with Crippen LogP contribution in [0.5, 0.6) is 0 Å². The number of nitrogens with one attached hydrogen (secondary N) is 1. The monoisotopic (exact) mass is 228 g/mol. The first-order valence-electron chi connectivity index (χ1n) is 6.06. The van der Waals surface area contributed by atoms with Crippen molar-refractivity contribution in [2.75, 3.05) is 14.1 Å². The smallest absolute Gasteiger partial charge is 0.146 e. The van der Waals surface area contributed by atoms with Crippen LogP contribution in [0.3, 0.4) is 0 Å². The van der Waals surface area contributed by atoms with Crippen molar-refractivity contribution < 1.29 is 4.79 Å². The number of carbonyl (C=O) groups excluding carboxylic acids is 1. The highest BCUT2D eigenvalue weighted by molar-refractivity contribution is 5.81. The van der Waals surface area contributed by atoms with Gasteiger partial charge in [0.2, 0.25) is 0 Å². The van der Waals surface area contributed by atoms with Crippen LogP contribution in [0.25, 0.3) is 0 Å². The molecule has 0 spiro atoms. The highest BCUT2D eigenvalue weighted by Crippen LogP contribution is 2.27. The molecular weight excluding hydrogens is 200 g/mol. The minimum absolute atomic E-state index is 0.00644. The number of Topliss-reactive ketones (excluding diaryl/α,β-unsaturated/α-hetero) is 1. The van der Waals surface area contributed by atoms with Gasteiger partial charge in [-0.2, -0.15) is 0 Å². The summed E-state index contributed by atoms with van der Waals surface area (Å²) in [7, 11) is 4.01. The maximum atomic E-state index is 11.4. The minimum Gasteiger partial charge on any atom is -0.317 e. The average Bonchev–Trinajstić information content (AvgIpc) is 2.24. The number of likely N-dealkylation sites (N-methyl/N-ethyl adjacent to an activating group) is 1. The molecule has 0 fully saturated rings. The molecule has 0 rings (SSSR count). The molecule has 96 valence electrons. The number of carbonyl (C=O) groups is 1. The van der Waals surface area contributed by atoms with Crippen LogP contribution >= 0.6 is 0 Å². The summed E-state index contributed by atoms with van der Waals surface area (Å²) in [5.74, 6) is 0.684. The lowest BCUT2D eigenvalue weighted by Crippen LogP contribution is -2.56. The second-order valence-corrected chi connectivity index (χ2v) is 5.42. The van der Waals surface area contributed by atoms with Gasteiger partial charge >= 0.3 is 0 Å². The van der Waals surface area contributed by atoms with Crippen LogP contribution in [-0.2, 0) is 4.79 Å². The Hall–Kier alpha value is -0.410. The van der Waals surface area contributed by atoms with E-state index in [1.54, 1.807) is 6.92 Å². The summed E-state index contributed by atoms with van der Waals surface area (Å²) >= 11 is 0. The van der Waals surface area contributed by atoms with Gasteiger partial charge in [-0.3, -0.25) is 9.69 Å². The van der Waals surface area contributed by atoms with Crippen LogP contribution in [0.15, 0.2) is 0 Å². The minimum atomic E-state index is -0.0264. The fourth-order valence-corrected chi connectivity index (χ4v) is 1.95. The van der Waals surface area contributed by atoms with E-state index in [0.29, 0.717) is 12.0 Å². The standard InChI is InChI=1S/C13H28N2O/c1-9(10(2)14-7)13(5,6)15(8)11(3)12(4)16/h9-11,14H,1-8H3. The quantitative estimate of drug-likeness (QED) is 0.754. The van der Waals surface area contributed by atoms with E-state index in [1.165, 1.54) is 0 Å². The Morgan fingerprint density at radius 1 is 1.25 bits per heavy atom. The number of nitrogens with zero attached hydrogens (tertiary/aromatic N) is 1. The van der Waals surface area contributed by atoms with Gasteiger partial charge in [-0.15, -0.1) is 0 Å². The molecule has 0 heterocycles. The largest absolute Gasteiger partial charge is 0.317 e. The van der Waals surface area contributed by atoms with Gasteiger partial charge in [0.1, 0.15) is 5.78 Å². The van der Waals surface area contributed by atoms with Crippen molar-refractivity contribution in [3.8, 4) is 0 Å². The summed E-state index contributed by atoms with van der Waals surface area (Å²) in [5, 5.41) is 3.28. The first kappa shape index (κ1) is 15.6. The zero-order valence-electron chi connectivity index (χ0n) is 12.1. The van der Waals surface area contributed by atoms with Crippen molar-refractivity contribution in [1.82, 2.24) is 10.2 Å². The van der Waals surface area contributed by atoms with Gasteiger partial charge in [-0.25, -0.2) is 0 Å². The molecule has 0 radical (unpaired) electrons. The summed E-state index contributed by atoms with van der Waals surface area (Å²) in [6.45, 7) is 12.4. The topological polar surface area (TPSA) is 32.3 Å². The first-order chi connectivity index (χ1) is 7.16. The molecule has 0 aromatic heterocycles. The summed E-state index contributed by atoms with van der Waals surface area (Å²) < 4.78 is 0. The molecule has 0 aromatic rings. The van der Waals surface area contributed by atoms with Gasteiger partial charge in [0.15, 0.2) is 0 Å². The lowest BCUT2D eigenvalue weighted by Gasteiger charge is -2.45. The second kappa shape index (κ2) is 5.78. The van der Waals surface area contributed by atoms with Gasteiger partial charge in [-0.05, 0) is 54.6 Å². The number of ketones is 1. The Bertz CT molecular complexity index is 238. The molecule has 0 saturated carbocycles. The predicted octanol–water partition coefficient (Wildman–Crippen LogP) is 1.92. The average molecular weight is 228 g/mol. The van der Waals surface area contributed by atoms with E-state index in [0.717, 1.165) is 0 Å². The van der Waals surface area contributed by atoms with Crippen LogP contribution in [0.2, 0.25) is 0 Å². The molecule has 3 heteroatoms. The third kappa shape index (κ3) is 3.29. The molecular formula is C13H28N2O. The fourth-order valence-electron chi connectivity index (χ4n) is 1.95. The summed E-state index contributed by atoms with van der Waals surface area (Å²) in [6.07, 6.45) is 0. The normalized spacial score (nSPS) is 18.3. The first-order valence-corrected chi connectivity index (χ1v) is 6.06. The SMILES string of the molecule is CNC(C)C(C)C(C)(C)N(C)C(C)C(C)=O. The van der Waals surface area contributed by atoms with Crippen molar-refractivity contribution in [2.24, 2.45) is 5.92 Å². The summed E-state index contributed by atoms with van der Waals surface area (Å²) in [4.78, 5) is 13.6. The van der Waals surface area contributed by atoms with E-state index in [-0.39, 0.29) is 17.4 Å². The Morgan fingerprint density at radius 3 is 2.00 bits per heavy atom. The Balaban J connectivity index is 4.82. The molecule has 0 amide bonds. The van der Waals surface area contributed by atoms with Gasteiger partial charge in [-0.1, -0.05) is 6.92 Å². The van der Waals surface area contributed by atoms with Crippen molar-refractivity contribution in [2.45, 2.75) is 59.2 Å². The van der Waals surface area contributed by atoms with Gasteiger partial charge in [0, 0.05) is 11.6 Å². The van der Waals surface area contributed by atoms with Crippen molar-refractivity contribution >= 4 is 5.78 Å². The van der Waals surface area contributed by atoms with Crippen molar-refractivity contribution in [3.63, 3.8) is 0 Å². The molecule has 0 saturated heterocycles. The lowest BCUT2D eigenvalue weighted by atomic mass is 9.81. The molecule has 16 heavy (non-hydrogen) atoms. The van der Waals surface area contributed by atoms with Crippen LogP contribution < -0.4 is 5.32 Å². The zero-order valence-corrected chi connectivity index (χ0v) is 12.1. The summed E-state index contributed by atoms with van der Waals surface area (Å²) in [6, 6.07) is 0.401. The third-order valence-corrected chi connectivity index (χ3v) is 4.40. The van der Waals surface area contributed by atoms with Crippen LogP contribution in [0, 0.1) is 5.92 Å². The van der Waals surface area contributed by atoms with E-state index < -0.39 is 0 Å². The Labute approximate surface area is 101 Å². The Morgan fingerprint density at radius 2 is 1.69 bits per heavy atom. The highest BCUT2D eigenvalue weighted by atomic mass is 16.1. The second-order valence-electron chi connectivity index (χ2n) is 5.42. The predicted molar refractivity (Wildman–Crippen MR) is 69.7 cm³/mol. The highest BCUT2D eigenvalue weighted by Gasteiger charge is 2.36. The summed E-state index contributed by atoms with van der Waals surface area (Å²) in [5.41, 5.74) is -0.00644. The molecule has 0 aliphatic rings. The van der Waals surface area contributed by atoms with E-state index in [9.17, 15) is 4.79 Å². The van der Waals surface area contributed by atoms with Crippen LogP contribution in [0.4, 0.5) is 0 Å². The zero-order chi connectivity index (χ0) is 13.1. The van der Waals surface area contributed by atoms with Gasteiger partial charge in [0.25, 0.3) is 0 Å². The van der Waals surface area contributed by atoms with E-state index >= 15 is 0 Å². The molecule has 0 aromatic carbocycles. The third-order valence-electron chi connectivity index (χ3n) is 4.40. The number of hydrogen-bond donors (Lipinski definition) is 1. The molecule has 0 bridgehead atoms. The number of hydrogen-bond acceptors (Lipinski definition) is 3. The van der Waals surface area contributed by atoms with Crippen LogP contribution in [0.1, 0.15) is 41.5 Å². The van der Waals surface area contributed by atoms with Crippen molar-refractivity contribution in [1.29, 1.82) is 0 Å². The van der Waals surface area contributed by atoms with E-state index in [4.69, 9.17) is 0 Å². The molecule has 0 aliphatic heterocycles. The van der Waals surface area contributed by atoms with E-state index in [2.05, 4.69) is 37.9 Å². The van der Waals surface area contributed by atoms with Gasteiger partial charge in [0.05, 0.1) is 6.04 Å². The molecule has 3 unspecified atom stereocenters. The maximum Gasteiger partial charge on any atom is 0.146 e. The molecule has 1 N–H and O–H groups in total. The lowest BCUT2D eigenvalue weighted by molar-refractivity contribution is -0.123. The maximum absolute atomic E-state index is 11.4.